The van der Waals surface area contributed by atoms with Crippen LogP contribution < -0.4 is 10.6 Å². The van der Waals surface area contributed by atoms with Crippen molar-refractivity contribution in [3.05, 3.63) is 21.9 Å². The summed E-state index contributed by atoms with van der Waals surface area (Å²) < 4.78 is 5.49. The zero-order valence-electron chi connectivity index (χ0n) is 12.1. The van der Waals surface area contributed by atoms with Crippen LogP contribution >= 0.6 is 23.7 Å². The van der Waals surface area contributed by atoms with E-state index in [1.165, 1.54) is 9.75 Å². The van der Waals surface area contributed by atoms with E-state index >= 15 is 0 Å². The molecule has 0 aromatic carbocycles. The molecule has 1 aromatic heterocycles. The molecule has 6 heteroatoms. The van der Waals surface area contributed by atoms with Gasteiger partial charge in [0.05, 0.1) is 12.7 Å². The predicted octanol–water partition coefficient (Wildman–Crippen LogP) is 1.90. The van der Waals surface area contributed by atoms with E-state index in [4.69, 9.17) is 4.74 Å². The van der Waals surface area contributed by atoms with E-state index < -0.39 is 0 Å². The highest BCUT2D eigenvalue weighted by Gasteiger charge is 2.28. The second kappa shape index (κ2) is 7.98. The minimum Gasteiger partial charge on any atom is -0.375 e. The van der Waals surface area contributed by atoms with Gasteiger partial charge in [-0.1, -0.05) is 0 Å². The fourth-order valence-electron chi connectivity index (χ4n) is 2.31. The van der Waals surface area contributed by atoms with E-state index in [0.717, 1.165) is 13.0 Å². The van der Waals surface area contributed by atoms with Crippen molar-refractivity contribution in [3.63, 3.8) is 0 Å². The summed E-state index contributed by atoms with van der Waals surface area (Å²) in [5.41, 5.74) is 0. The number of rotatable bonds is 4. The van der Waals surface area contributed by atoms with E-state index in [0.29, 0.717) is 6.61 Å². The minimum atomic E-state index is -0.235. The summed E-state index contributed by atoms with van der Waals surface area (Å²) in [4.78, 5) is 14.8. The summed E-state index contributed by atoms with van der Waals surface area (Å²) in [6, 6.07) is 4.16. The fourth-order valence-corrected chi connectivity index (χ4v) is 3.33. The van der Waals surface area contributed by atoms with Crippen molar-refractivity contribution in [2.75, 3.05) is 13.2 Å². The summed E-state index contributed by atoms with van der Waals surface area (Å²) in [6.45, 7) is 7.49. The lowest BCUT2D eigenvalue weighted by molar-refractivity contribution is -0.129. The Labute approximate surface area is 130 Å². The van der Waals surface area contributed by atoms with Crippen LogP contribution in [0.25, 0.3) is 0 Å². The molecule has 0 bridgehead atoms. The van der Waals surface area contributed by atoms with Crippen LogP contribution in [0.3, 0.4) is 0 Å². The van der Waals surface area contributed by atoms with Gasteiger partial charge in [-0.15, -0.1) is 23.7 Å². The Morgan fingerprint density at radius 3 is 2.95 bits per heavy atom. The number of morpholine rings is 1. The molecule has 0 saturated carbocycles. The highest BCUT2D eigenvalue weighted by atomic mass is 35.5. The number of nitrogens with one attached hydrogen (secondary N) is 2. The number of amides is 1. The topological polar surface area (TPSA) is 50.4 Å². The quantitative estimate of drug-likeness (QED) is 0.891. The number of hydrogen-bond acceptors (Lipinski definition) is 4. The molecule has 1 fully saturated rings. The molecule has 0 aliphatic carbocycles. The molecule has 3 atom stereocenters. The van der Waals surface area contributed by atoms with Gasteiger partial charge >= 0.3 is 0 Å². The van der Waals surface area contributed by atoms with Crippen molar-refractivity contribution in [2.24, 2.45) is 0 Å². The normalized spacial score (nSPS) is 23.8. The third-order valence-corrected chi connectivity index (χ3v) is 4.31. The predicted molar refractivity (Wildman–Crippen MR) is 84.8 cm³/mol. The van der Waals surface area contributed by atoms with Gasteiger partial charge < -0.3 is 15.4 Å². The highest BCUT2D eigenvalue weighted by Crippen LogP contribution is 2.16. The SMILES string of the molecule is Cc1ccc(CC(C)NC(=O)[C@H]2NCCO[C@@H]2C)s1.Cl. The number of aryl methyl sites for hydroxylation is 1. The first-order chi connectivity index (χ1) is 9.06. The zero-order chi connectivity index (χ0) is 13.8. The lowest BCUT2D eigenvalue weighted by Gasteiger charge is -2.30. The van der Waals surface area contributed by atoms with Crippen molar-refractivity contribution in [1.82, 2.24) is 10.6 Å². The van der Waals surface area contributed by atoms with Crippen molar-refractivity contribution < 1.29 is 9.53 Å². The Morgan fingerprint density at radius 1 is 1.60 bits per heavy atom. The molecule has 4 nitrogen and oxygen atoms in total. The molecule has 1 aliphatic heterocycles. The Morgan fingerprint density at radius 2 is 2.35 bits per heavy atom. The molecule has 2 heterocycles. The van der Waals surface area contributed by atoms with Gasteiger partial charge in [0.2, 0.25) is 5.91 Å². The molecular formula is C14H23ClN2O2S. The van der Waals surface area contributed by atoms with Crippen molar-refractivity contribution in [3.8, 4) is 0 Å². The number of halogens is 1. The number of thiophene rings is 1. The second-order valence-corrected chi connectivity index (χ2v) is 6.51. The van der Waals surface area contributed by atoms with Crippen molar-refractivity contribution in [2.45, 2.75) is 45.4 Å². The molecule has 1 saturated heterocycles. The largest absolute Gasteiger partial charge is 0.375 e. The van der Waals surface area contributed by atoms with Gasteiger partial charge in [0.25, 0.3) is 0 Å². The smallest absolute Gasteiger partial charge is 0.240 e. The average Bonchev–Trinajstić information content (AvgIpc) is 2.74. The van der Waals surface area contributed by atoms with Gasteiger partial charge in [-0.3, -0.25) is 4.79 Å². The Kier molecular flexibility index (Phi) is 6.95. The molecule has 20 heavy (non-hydrogen) atoms. The van der Waals surface area contributed by atoms with E-state index in [1.807, 2.05) is 13.8 Å². The van der Waals surface area contributed by atoms with Gasteiger partial charge in [-0.05, 0) is 32.9 Å². The van der Waals surface area contributed by atoms with Crippen LogP contribution in [0.15, 0.2) is 12.1 Å². The summed E-state index contributed by atoms with van der Waals surface area (Å²) >= 11 is 1.79. The molecular weight excluding hydrogens is 296 g/mol. The lowest BCUT2D eigenvalue weighted by atomic mass is 10.1. The van der Waals surface area contributed by atoms with Gasteiger partial charge in [0.15, 0.2) is 0 Å². The second-order valence-electron chi connectivity index (χ2n) is 5.13. The molecule has 1 unspecified atom stereocenters. The average molecular weight is 319 g/mol. The van der Waals surface area contributed by atoms with Gasteiger partial charge in [0.1, 0.15) is 6.04 Å². The van der Waals surface area contributed by atoms with Crippen LogP contribution in [-0.4, -0.2) is 37.2 Å². The summed E-state index contributed by atoms with van der Waals surface area (Å²) in [5, 5.41) is 6.27. The van der Waals surface area contributed by atoms with E-state index in [2.05, 4.69) is 29.7 Å². The fraction of sp³-hybridized carbons (Fsp3) is 0.643. The number of hydrogen-bond donors (Lipinski definition) is 2. The lowest BCUT2D eigenvalue weighted by Crippen LogP contribution is -2.56. The van der Waals surface area contributed by atoms with E-state index in [9.17, 15) is 4.79 Å². The molecule has 2 rings (SSSR count). The monoisotopic (exact) mass is 318 g/mol. The molecule has 114 valence electrons. The van der Waals surface area contributed by atoms with Crippen LogP contribution in [0, 0.1) is 6.92 Å². The standard InChI is InChI=1S/C14H22N2O2S.ClH/c1-9(8-12-5-4-10(2)19-12)16-14(17)13-11(3)18-7-6-15-13;/h4-5,9,11,13,15H,6-8H2,1-3H3,(H,16,17);1H/t9?,11-,13+;/m1./s1. The molecule has 1 aliphatic rings. The molecule has 2 N–H and O–H groups in total. The van der Waals surface area contributed by atoms with Crippen LogP contribution in [0.1, 0.15) is 23.6 Å². The van der Waals surface area contributed by atoms with Gasteiger partial charge in [-0.2, -0.15) is 0 Å². The maximum Gasteiger partial charge on any atom is 0.240 e. The number of carbonyl (C=O) groups is 1. The Hall–Kier alpha value is -0.620. The minimum absolute atomic E-state index is 0. The highest BCUT2D eigenvalue weighted by molar-refractivity contribution is 7.11. The number of ether oxygens (including phenoxy) is 1. The van der Waals surface area contributed by atoms with Crippen LogP contribution in [0.5, 0.6) is 0 Å². The first-order valence-electron chi connectivity index (χ1n) is 6.77. The van der Waals surface area contributed by atoms with Gasteiger partial charge in [-0.25, -0.2) is 0 Å². The van der Waals surface area contributed by atoms with Crippen LogP contribution in [-0.2, 0) is 16.0 Å². The molecule has 1 amide bonds. The third kappa shape index (κ3) is 4.74. The van der Waals surface area contributed by atoms with Crippen LogP contribution in [0.4, 0.5) is 0 Å². The zero-order valence-corrected chi connectivity index (χ0v) is 13.8. The van der Waals surface area contributed by atoms with Crippen molar-refractivity contribution >= 4 is 29.7 Å². The molecule has 0 spiro atoms. The number of carbonyl (C=O) groups excluding carboxylic acids is 1. The van der Waals surface area contributed by atoms with Crippen LogP contribution in [0.2, 0.25) is 0 Å². The Balaban J connectivity index is 0.00000200. The van der Waals surface area contributed by atoms with E-state index in [1.54, 1.807) is 11.3 Å². The van der Waals surface area contributed by atoms with Crippen molar-refractivity contribution in [1.29, 1.82) is 0 Å². The van der Waals surface area contributed by atoms with Gasteiger partial charge in [0, 0.05) is 28.8 Å². The summed E-state index contributed by atoms with van der Waals surface area (Å²) in [5.74, 6) is 0.0352. The molecule has 1 aromatic rings. The summed E-state index contributed by atoms with van der Waals surface area (Å²) in [6.07, 6.45) is 0.816. The Bertz CT molecular complexity index is 439. The maximum atomic E-state index is 12.2. The third-order valence-electron chi connectivity index (χ3n) is 3.29. The summed E-state index contributed by atoms with van der Waals surface area (Å²) in [7, 11) is 0. The maximum absolute atomic E-state index is 12.2. The molecule has 0 radical (unpaired) electrons. The first kappa shape index (κ1) is 17.4. The first-order valence-corrected chi connectivity index (χ1v) is 7.58. The van der Waals surface area contributed by atoms with E-state index in [-0.39, 0.29) is 36.5 Å².